The van der Waals surface area contributed by atoms with Crippen LogP contribution in [0.25, 0.3) is 11.0 Å². The fraction of sp³-hybridized carbons (Fsp3) is 0.143. The molecule has 0 fully saturated rings. The summed E-state index contributed by atoms with van der Waals surface area (Å²) in [5, 5.41) is 8.71. The van der Waals surface area contributed by atoms with E-state index in [1.807, 2.05) is 59.3 Å². The van der Waals surface area contributed by atoms with Gasteiger partial charge in [-0.15, -0.1) is 5.10 Å². The van der Waals surface area contributed by atoms with E-state index in [0.717, 1.165) is 23.2 Å². The highest BCUT2D eigenvalue weighted by molar-refractivity contribution is 5.74. The maximum atomic E-state index is 5.91. The second-order valence-corrected chi connectivity index (χ2v) is 5.90. The number of hydrogen-bond donors (Lipinski definition) is 0. The predicted molar refractivity (Wildman–Crippen MR) is 98.7 cm³/mol. The maximum absolute atomic E-state index is 5.91. The first-order valence-corrected chi connectivity index (χ1v) is 8.44. The van der Waals surface area contributed by atoms with Crippen LogP contribution in [-0.4, -0.2) is 21.6 Å². The average molecular weight is 329 g/mol. The Labute approximate surface area is 146 Å². The number of fused-ring (bicyclic) bond motifs is 1. The maximum Gasteiger partial charge on any atom is 0.119 e. The molecule has 3 aromatic carbocycles. The highest BCUT2D eigenvalue weighted by Gasteiger charge is 2.18. The molecule has 4 rings (SSSR count). The third kappa shape index (κ3) is 3.38. The lowest BCUT2D eigenvalue weighted by molar-refractivity contribution is 0.285. The summed E-state index contributed by atoms with van der Waals surface area (Å²) in [6.45, 7) is 0.609. The van der Waals surface area contributed by atoms with E-state index in [2.05, 4.69) is 40.6 Å². The fourth-order valence-corrected chi connectivity index (χ4v) is 3.03. The van der Waals surface area contributed by atoms with Gasteiger partial charge in [0.1, 0.15) is 11.3 Å². The first kappa shape index (κ1) is 15.4. The highest BCUT2D eigenvalue weighted by Crippen LogP contribution is 2.25. The summed E-state index contributed by atoms with van der Waals surface area (Å²) in [6.07, 6.45) is 0.812. The Morgan fingerprint density at radius 3 is 2.28 bits per heavy atom. The molecule has 1 heterocycles. The van der Waals surface area contributed by atoms with Gasteiger partial charge in [-0.3, -0.25) is 0 Å². The molecule has 0 aliphatic heterocycles. The van der Waals surface area contributed by atoms with Gasteiger partial charge < -0.3 is 4.74 Å². The molecule has 0 amide bonds. The summed E-state index contributed by atoms with van der Waals surface area (Å²) in [7, 11) is 0. The van der Waals surface area contributed by atoms with E-state index in [1.165, 1.54) is 5.56 Å². The lowest BCUT2D eigenvalue weighted by Gasteiger charge is -2.19. The fourth-order valence-electron chi connectivity index (χ4n) is 3.03. The Morgan fingerprint density at radius 2 is 1.48 bits per heavy atom. The summed E-state index contributed by atoms with van der Waals surface area (Å²) in [5.41, 5.74) is 3.15. The highest BCUT2D eigenvalue weighted by atomic mass is 16.5. The van der Waals surface area contributed by atoms with Crippen molar-refractivity contribution in [2.45, 2.75) is 12.5 Å². The number of benzene rings is 3. The number of rotatable bonds is 6. The van der Waals surface area contributed by atoms with Crippen molar-refractivity contribution in [2.75, 3.05) is 6.61 Å². The number of aromatic nitrogens is 3. The van der Waals surface area contributed by atoms with Gasteiger partial charge in [0.05, 0.1) is 18.2 Å². The van der Waals surface area contributed by atoms with Crippen LogP contribution in [-0.2, 0) is 0 Å². The number of hydrogen-bond acceptors (Lipinski definition) is 3. The Hall–Kier alpha value is -3.14. The molecule has 0 saturated carbocycles. The molecule has 0 aliphatic carbocycles. The van der Waals surface area contributed by atoms with Gasteiger partial charge in [-0.25, -0.2) is 4.68 Å². The zero-order valence-corrected chi connectivity index (χ0v) is 13.8. The molecule has 0 saturated heterocycles. The van der Waals surface area contributed by atoms with Crippen LogP contribution in [0.5, 0.6) is 5.75 Å². The molecule has 0 spiro atoms. The zero-order chi connectivity index (χ0) is 16.9. The van der Waals surface area contributed by atoms with Crippen molar-refractivity contribution in [2.24, 2.45) is 0 Å². The monoisotopic (exact) mass is 329 g/mol. The summed E-state index contributed by atoms with van der Waals surface area (Å²) in [6, 6.07) is 28.4. The van der Waals surface area contributed by atoms with Gasteiger partial charge >= 0.3 is 0 Å². The van der Waals surface area contributed by atoms with Gasteiger partial charge in [-0.1, -0.05) is 65.9 Å². The van der Waals surface area contributed by atoms with Crippen molar-refractivity contribution < 1.29 is 4.74 Å². The lowest BCUT2D eigenvalue weighted by atomic mass is 10.0. The molecule has 0 N–H and O–H groups in total. The molecular weight excluding hydrogens is 310 g/mol. The summed E-state index contributed by atoms with van der Waals surface area (Å²) in [5.74, 6) is 0.887. The van der Waals surface area contributed by atoms with E-state index in [0.29, 0.717) is 6.61 Å². The Morgan fingerprint density at radius 1 is 0.800 bits per heavy atom. The summed E-state index contributed by atoms with van der Waals surface area (Å²) in [4.78, 5) is 0. The summed E-state index contributed by atoms with van der Waals surface area (Å²) >= 11 is 0. The second-order valence-electron chi connectivity index (χ2n) is 5.90. The van der Waals surface area contributed by atoms with E-state index in [1.54, 1.807) is 0 Å². The Kier molecular flexibility index (Phi) is 4.42. The molecule has 25 heavy (non-hydrogen) atoms. The quantitative estimate of drug-likeness (QED) is 0.523. The van der Waals surface area contributed by atoms with E-state index in [-0.39, 0.29) is 6.04 Å². The first-order valence-electron chi connectivity index (χ1n) is 8.44. The van der Waals surface area contributed by atoms with Gasteiger partial charge in [0.25, 0.3) is 0 Å². The molecule has 1 unspecified atom stereocenters. The minimum absolute atomic E-state index is 0.0808. The molecule has 0 aliphatic rings. The second kappa shape index (κ2) is 7.18. The van der Waals surface area contributed by atoms with Crippen molar-refractivity contribution in [3.05, 3.63) is 90.5 Å². The molecule has 4 nitrogen and oxygen atoms in total. The number of ether oxygens (including phenoxy) is 1. The molecule has 4 aromatic rings. The molecule has 0 radical (unpaired) electrons. The zero-order valence-electron chi connectivity index (χ0n) is 13.8. The van der Waals surface area contributed by atoms with Gasteiger partial charge in [0.2, 0.25) is 0 Å². The Balaban J connectivity index is 1.61. The van der Waals surface area contributed by atoms with Crippen LogP contribution < -0.4 is 4.74 Å². The van der Waals surface area contributed by atoms with E-state index < -0.39 is 0 Å². The van der Waals surface area contributed by atoms with Gasteiger partial charge in [0, 0.05) is 6.42 Å². The average Bonchev–Trinajstić information content (AvgIpc) is 3.11. The minimum Gasteiger partial charge on any atom is -0.494 e. The SMILES string of the molecule is c1ccc(OCCC(c2ccccc2)n2nnc3ccccc32)cc1. The number of para-hydroxylation sites is 2. The van der Waals surface area contributed by atoms with Crippen molar-refractivity contribution in [3.63, 3.8) is 0 Å². The largest absolute Gasteiger partial charge is 0.494 e. The van der Waals surface area contributed by atoms with Crippen molar-refractivity contribution >= 4 is 11.0 Å². The molecule has 1 aromatic heterocycles. The minimum atomic E-state index is 0.0808. The standard InChI is InChI=1S/C21H19N3O/c1-3-9-17(10-4-1)20(15-16-25-18-11-5-2-6-12-18)24-21-14-8-7-13-19(21)22-23-24/h1-14,20H,15-16H2. The van der Waals surface area contributed by atoms with Crippen LogP contribution in [0.15, 0.2) is 84.9 Å². The lowest BCUT2D eigenvalue weighted by Crippen LogP contribution is -2.15. The van der Waals surface area contributed by atoms with Gasteiger partial charge in [-0.2, -0.15) is 0 Å². The number of nitrogens with zero attached hydrogens (tertiary/aromatic N) is 3. The predicted octanol–water partition coefficient (Wildman–Crippen LogP) is 4.49. The third-order valence-electron chi connectivity index (χ3n) is 4.26. The van der Waals surface area contributed by atoms with Crippen molar-refractivity contribution in [1.82, 2.24) is 15.0 Å². The topological polar surface area (TPSA) is 39.9 Å². The molecular formula is C21H19N3O. The normalized spacial score (nSPS) is 12.2. The third-order valence-corrected chi connectivity index (χ3v) is 4.26. The molecule has 1 atom stereocenters. The molecule has 124 valence electrons. The van der Waals surface area contributed by atoms with Gasteiger partial charge in [0.15, 0.2) is 0 Å². The smallest absolute Gasteiger partial charge is 0.119 e. The van der Waals surface area contributed by atoms with E-state index >= 15 is 0 Å². The van der Waals surface area contributed by atoms with Crippen molar-refractivity contribution in [3.8, 4) is 5.75 Å². The van der Waals surface area contributed by atoms with E-state index in [9.17, 15) is 0 Å². The van der Waals surface area contributed by atoms with Crippen LogP contribution in [0, 0.1) is 0 Å². The first-order chi connectivity index (χ1) is 12.4. The molecule has 4 heteroatoms. The van der Waals surface area contributed by atoms with Crippen LogP contribution in [0.2, 0.25) is 0 Å². The van der Waals surface area contributed by atoms with Crippen LogP contribution in [0.4, 0.5) is 0 Å². The summed E-state index contributed by atoms with van der Waals surface area (Å²) < 4.78 is 7.91. The molecule has 0 bridgehead atoms. The van der Waals surface area contributed by atoms with Crippen molar-refractivity contribution in [1.29, 1.82) is 0 Å². The van der Waals surface area contributed by atoms with Crippen LogP contribution >= 0.6 is 0 Å². The van der Waals surface area contributed by atoms with Crippen LogP contribution in [0.1, 0.15) is 18.0 Å². The van der Waals surface area contributed by atoms with E-state index in [4.69, 9.17) is 4.74 Å². The Bertz CT molecular complexity index is 935. The van der Waals surface area contributed by atoms with Gasteiger partial charge in [-0.05, 0) is 29.8 Å². The van der Waals surface area contributed by atoms with Crippen LogP contribution in [0.3, 0.4) is 0 Å².